The molecule has 14 aromatic rings. The van der Waals surface area contributed by atoms with Crippen LogP contribution in [0.3, 0.4) is 0 Å². The summed E-state index contributed by atoms with van der Waals surface area (Å²) in [4.78, 5) is 17.3. The number of hydrogen-bond donors (Lipinski definition) is 0. The molecule has 0 spiro atoms. The maximum absolute atomic E-state index is 4.61. The number of hydrogen-bond acceptors (Lipinski definition) is 8. The molecule has 0 aromatic heterocycles. The van der Waals surface area contributed by atoms with E-state index >= 15 is 0 Å². The molecule has 479 valence electrons. The van der Waals surface area contributed by atoms with Crippen LogP contribution < -0.4 is 56.2 Å². The van der Waals surface area contributed by atoms with Gasteiger partial charge in [-0.25, -0.2) is 0 Å². The Balaban J connectivity index is 0.000000130. The molecule has 0 fully saturated rings. The molecule has 0 N–H and O–H groups in total. The Morgan fingerprint density at radius 3 is 0.711 bits per heavy atom. The van der Waals surface area contributed by atoms with Gasteiger partial charge >= 0.3 is 72.3 Å². The molecular formula is C84H64BrClMgN8Pt2-3. The van der Waals surface area contributed by atoms with E-state index in [0.717, 1.165) is 22.7 Å². The van der Waals surface area contributed by atoms with Crippen LogP contribution in [0.25, 0.3) is 65.3 Å². The van der Waals surface area contributed by atoms with Crippen LogP contribution in [0.5, 0.6) is 0 Å². The Bertz CT molecular complexity index is 4440. The van der Waals surface area contributed by atoms with Crippen molar-refractivity contribution in [2.75, 3.05) is 67.4 Å². The average molecular weight is 1720 g/mol. The normalized spacial score (nSPS) is 12.9. The predicted octanol–water partition coefficient (Wildman–Crippen LogP) is 18.0. The van der Waals surface area contributed by atoms with E-state index in [1.807, 2.05) is 0 Å². The largest absolute Gasteiger partial charge is 4.00 e. The van der Waals surface area contributed by atoms with Gasteiger partial charge in [0.2, 0.25) is 0 Å². The van der Waals surface area contributed by atoms with Gasteiger partial charge in [-0.2, -0.15) is 38.8 Å². The summed E-state index contributed by atoms with van der Waals surface area (Å²) in [5.74, 6) is 0. The minimum absolute atomic E-state index is 0. The number of halogens is 2. The van der Waals surface area contributed by atoms with Gasteiger partial charge in [0.15, 0.2) is 0 Å². The number of para-hydroxylation sites is 8. The zero-order valence-corrected chi connectivity index (χ0v) is 62.0. The fourth-order valence-electron chi connectivity index (χ4n) is 12.9. The van der Waals surface area contributed by atoms with E-state index in [0.29, 0.717) is 0 Å². The molecule has 0 atom stereocenters. The standard InChI is InChI=1S/2C22H19N4.2C20H13.BrH.ClH.Mg.2Pt/c2*1-23-15-25(21-12-5-3-10-19(21)23)17-8-7-9-18(14-17)26-16-24(2)20-11-4-6-13-22(20)26;2*1-2-8-15(9-3-1)20-18-12-6-4-10-16(18)14-17-11-5-7-13-19(17)20;;;;;/h2*3-13,15-16H,1-2H3;2*1-13H;2*1H;;;/q2*-3;2*-1;;;+2;+1;+4/p-2. The first kappa shape index (κ1) is 69.8. The molecule has 4 heterocycles. The molecule has 0 amide bonds. The molecule has 97 heavy (non-hydrogen) atoms. The fourth-order valence-corrected chi connectivity index (χ4v) is 12.9. The second kappa shape index (κ2) is 31.7. The summed E-state index contributed by atoms with van der Waals surface area (Å²) in [6, 6.07) is 116. The number of benzene rings is 14. The van der Waals surface area contributed by atoms with Crippen molar-refractivity contribution in [2.24, 2.45) is 0 Å². The quantitative estimate of drug-likeness (QED) is 0.0923. The molecule has 8 nitrogen and oxygen atoms in total. The van der Waals surface area contributed by atoms with Crippen molar-refractivity contribution >= 4 is 144 Å². The third-order valence-corrected chi connectivity index (χ3v) is 17.3. The van der Waals surface area contributed by atoms with Gasteiger partial charge in [-0.15, -0.1) is 117 Å². The van der Waals surface area contributed by atoms with Crippen LogP contribution in [0.1, 0.15) is 0 Å². The molecule has 0 saturated heterocycles. The average Bonchev–Trinajstić information content (AvgIpc) is 1.79. The van der Waals surface area contributed by atoms with Crippen LogP contribution in [-0.2, 0) is 39.8 Å². The summed E-state index contributed by atoms with van der Waals surface area (Å²) in [5, 5.41) is 9.73. The monoisotopic (exact) mass is 1710 g/mol. The summed E-state index contributed by atoms with van der Waals surface area (Å²) in [7, 11) is 12.9. The SMILES string of the molecule is CN1[CH-]N(c2[c-]c(N3[CH-]N(C)c4ccccc43)ccc2)c2ccccc21.CN1[CH-]N(c2[c-]c(N3[CH-]N(C)c4ccccc43)ccc2)c2ccccc21.[Br-].[Cl][Pt].[Mg+2].[Pt+4].[c-]1c2ccccc2c(-c2ccccc2)c2ccccc12.[c-]1c2ccccc2c(-c2ccccc2)c2ccccc12. The molecule has 4 aliphatic heterocycles. The van der Waals surface area contributed by atoms with Gasteiger partial charge in [0, 0.05) is 45.5 Å². The molecule has 4 aliphatic rings. The second-order valence-electron chi connectivity index (χ2n) is 23.1. The zero-order chi connectivity index (χ0) is 64.1. The van der Waals surface area contributed by atoms with E-state index in [2.05, 4.69) is 419 Å². The minimum Gasteiger partial charge on any atom is -0.118 e. The summed E-state index contributed by atoms with van der Waals surface area (Å²) in [6.07, 6.45) is 0. The van der Waals surface area contributed by atoms with Gasteiger partial charge in [-0.1, -0.05) is 215 Å². The van der Waals surface area contributed by atoms with Gasteiger partial charge in [0.1, 0.15) is 0 Å². The number of nitrogens with zero attached hydrogens (tertiary/aromatic N) is 8. The Morgan fingerprint density at radius 1 is 0.258 bits per heavy atom. The van der Waals surface area contributed by atoms with Gasteiger partial charge in [0.05, 0.1) is 0 Å². The zero-order valence-electron chi connectivity index (χ0n) is 53.7. The maximum atomic E-state index is 4.61. The Kier molecular flexibility index (Phi) is 22.8. The van der Waals surface area contributed by atoms with Crippen LogP contribution in [0.4, 0.5) is 68.2 Å². The van der Waals surface area contributed by atoms with Crippen molar-refractivity contribution in [3.63, 3.8) is 0 Å². The summed E-state index contributed by atoms with van der Waals surface area (Å²) in [5.41, 5.74) is 18.7. The van der Waals surface area contributed by atoms with E-state index in [-0.39, 0.29) is 61.1 Å². The third-order valence-electron chi connectivity index (χ3n) is 17.3. The van der Waals surface area contributed by atoms with Crippen molar-refractivity contribution in [1.29, 1.82) is 0 Å². The van der Waals surface area contributed by atoms with Gasteiger partial charge in [-0.05, 0) is 87.8 Å². The maximum Gasteiger partial charge on any atom is 4.00 e. The second-order valence-corrected chi connectivity index (χ2v) is 23.1. The third kappa shape index (κ3) is 14.3. The van der Waals surface area contributed by atoms with E-state index < -0.39 is 0 Å². The first-order valence-electron chi connectivity index (χ1n) is 31.1. The molecule has 0 unspecified atom stereocenters. The molecule has 0 bridgehead atoms. The van der Waals surface area contributed by atoms with Gasteiger partial charge < -0.3 is 56.2 Å². The molecule has 14 aromatic carbocycles. The number of fused-ring (bicyclic) bond motifs is 8. The van der Waals surface area contributed by atoms with E-state index in [4.69, 9.17) is 0 Å². The molecule has 0 saturated carbocycles. The molecule has 0 aliphatic carbocycles. The number of rotatable bonds is 6. The van der Waals surface area contributed by atoms with Crippen molar-refractivity contribution in [3.8, 4) is 22.3 Å². The van der Waals surface area contributed by atoms with Crippen molar-refractivity contribution < 1.29 is 56.8 Å². The smallest absolute Gasteiger partial charge is 0.118 e. The molecule has 0 radical (unpaired) electrons. The summed E-state index contributed by atoms with van der Waals surface area (Å²) >= 11 is 1.61. The first-order valence-corrected chi connectivity index (χ1v) is 33.9. The van der Waals surface area contributed by atoms with Crippen LogP contribution >= 0.6 is 9.42 Å². The Morgan fingerprint density at radius 2 is 0.464 bits per heavy atom. The molecule has 18 rings (SSSR count). The molecule has 13 heteroatoms. The van der Waals surface area contributed by atoms with Crippen LogP contribution in [-0.4, -0.2) is 51.2 Å². The van der Waals surface area contributed by atoms with Crippen molar-refractivity contribution in [1.82, 2.24) is 0 Å². The van der Waals surface area contributed by atoms with Crippen molar-refractivity contribution in [2.45, 2.75) is 0 Å². The minimum atomic E-state index is 0. The van der Waals surface area contributed by atoms with Gasteiger partial charge in [-0.3, -0.25) is 0 Å². The van der Waals surface area contributed by atoms with Crippen LogP contribution in [0.15, 0.2) is 291 Å². The number of anilines is 12. The first-order chi connectivity index (χ1) is 46.3. The summed E-state index contributed by atoms with van der Waals surface area (Å²) in [6.45, 7) is 8.42. The topological polar surface area (TPSA) is 25.9 Å². The van der Waals surface area contributed by atoms with Gasteiger partial charge in [0.25, 0.3) is 0 Å². The van der Waals surface area contributed by atoms with Crippen LogP contribution in [0.2, 0.25) is 0 Å². The van der Waals surface area contributed by atoms with E-state index in [1.54, 1.807) is 18.8 Å². The summed E-state index contributed by atoms with van der Waals surface area (Å²) < 4.78 is 0. The molecular weight excluding hydrogens is 1650 g/mol. The van der Waals surface area contributed by atoms with E-state index in [1.165, 1.54) is 111 Å². The van der Waals surface area contributed by atoms with Crippen LogP contribution in [0, 0.1) is 50.9 Å². The van der Waals surface area contributed by atoms with E-state index in [9.17, 15) is 0 Å². The Labute approximate surface area is 626 Å². The van der Waals surface area contributed by atoms with Crippen molar-refractivity contribution in [3.05, 3.63) is 342 Å². The predicted molar refractivity (Wildman–Crippen MR) is 399 cm³/mol. The Hall–Kier alpha value is -8.57. The fraction of sp³-hybridized carbons (Fsp3) is 0.0476.